The second kappa shape index (κ2) is 9.99. The number of unbranched alkanes of at least 4 members (excludes halogenated alkanes) is 1. The minimum atomic E-state index is -4.06. The van der Waals surface area contributed by atoms with Crippen LogP contribution in [0.2, 0.25) is 0 Å². The van der Waals surface area contributed by atoms with Crippen molar-refractivity contribution >= 4 is 5.96 Å². The first kappa shape index (κ1) is 17.0. The maximum atomic E-state index is 11.9. The SMILES string of the molecule is CN=C(NCCCCC(F)(F)F)NCCCOC. The molecule has 0 spiro atoms. The molecule has 108 valence electrons. The van der Waals surface area contributed by atoms with E-state index in [1.165, 1.54) is 0 Å². The highest BCUT2D eigenvalue weighted by Crippen LogP contribution is 2.21. The molecule has 0 bridgehead atoms. The molecule has 0 aliphatic heterocycles. The molecule has 0 saturated heterocycles. The zero-order valence-electron chi connectivity index (χ0n) is 10.9. The van der Waals surface area contributed by atoms with Crippen LogP contribution in [0.3, 0.4) is 0 Å². The van der Waals surface area contributed by atoms with E-state index in [-0.39, 0.29) is 6.42 Å². The number of aliphatic imine (C=N–C) groups is 1. The zero-order chi connectivity index (χ0) is 13.9. The highest BCUT2D eigenvalue weighted by molar-refractivity contribution is 5.79. The maximum absolute atomic E-state index is 11.9. The molecule has 0 rings (SSSR count). The minimum absolute atomic E-state index is 0.136. The van der Waals surface area contributed by atoms with Crippen LogP contribution in [0.1, 0.15) is 25.7 Å². The summed E-state index contributed by atoms with van der Waals surface area (Å²) in [5.41, 5.74) is 0. The second-order valence-corrected chi connectivity index (χ2v) is 3.84. The van der Waals surface area contributed by atoms with Crippen LogP contribution in [-0.2, 0) is 4.74 Å². The Labute approximate surface area is 106 Å². The molecule has 0 aliphatic carbocycles. The number of nitrogens with one attached hydrogen (secondary N) is 2. The van der Waals surface area contributed by atoms with Gasteiger partial charge < -0.3 is 15.4 Å². The molecule has 4 nitrogen and oxygen atoms in total. The first-order valence-electron chi connectivity index (χ1n) is 6.00. The molecule has 0 aromatic rings. The number of halogens is 3. The molecular formula is C11H22F3N3O. The molecule has 0 aromatic heterocycles. The van der Waals surface area contributed by atoms with E-state index in [1.54, 1.807) is 14.2 Å². The topological polar surface area (TPSA) is 45.7 Å². The van der Waals surface area contributed by atoms with Gasteiger partial charge in [0.2, 0.25) is 0 Å². The summed E-state index contributed by atoms with van der Waals surface area (Å²) in [6.45, 7) is 1.87. The molecule has 0 radical (unpaired) electrons. The number of hydrogen-bond donors (Lipinski definition) is 2. The third-order valence-corrected chi connectivity index (χ3v) is 2.22. The van der Waals surface area contributed by atoms with Crippen molar-refractivity contribution in [3.63, 3.8) is 0 Å². The van der Waals surface area contributed by atoms with Crippen LogP contribution in [0.4, 0.5) is 13.2 Å². The number of nitrogens with zero attached hydrogens (tertiary/aromatic N) is 1. The van der Waals surface area contributed by atoms with E-state index in [4.69, 9.17) is 4.74 Å². The first-order valence-corrected chi connectivity index (χ1v) is 6.00. The van der Waals surface area contributed by atoms with E-state index in [1.807, 2.05) is 0 Å². The fourth-order valence-corrected chi connectivity index (χ4v) is 1.30. The average Bonchev–Trinajstić information content (AvgIpc) is 2.30. The normalized spacial score (nSPS) is 12.6. The van der Waals surface area contributed by atoms with E-state index in [0.717, 1.165) is 13.0 Å². The Kier molecular flexibility index (Phi) is 9.45. The quantitative estimate of drug-likeness (QED) is 0.402. The molecule has 0 atom stereocenters. The molecular weight excluding hydrogens is 247 g/mol. The van der Waals surface area contributed by atoms with Crippen molar-refractivity contribution in [3.05, 3.63) is 0 Å². The Bertz CT molecular complexity index is 232. The number of alkyl halides is 3. The van der Waals surface area contributed by atoms with Crippen molar-refractivity contribution in [3.8, 4) is 0 Å². The Hall–Kier alpha value is -0.980. The lowest BCUT2D eigenvalue weighted by Crippen LogP contribution is -2.38. The van der Waals surface area contributed by atoms with Gasteiger partial charge in [-0.25, -0.2) is 0 Å². The van der Waals surface area contributed by atoms with E-state index in [0.29, 0.717) is 25.5 Å². The predicted molar refractivity (Wildman–Crippen MR) is 65.8 cm³/mol. The van der Waals surface area contributed by atoms with Crippen LogP contribution in [-0.4, -0.2) is 46.0 Å². The summed E-state index contributed by atoms with van der Waals surface area (Å²) >= 11 is 0. The summed E-state index contributed by atoms with van der Waals surface area (Å²) in [6, 6.07) is 0. The third-order valence-electron chi connectivity index (χ3n) is 2.22. The van der Waals surface area contributed by atoms with E-state index in [9.17, 15) is 13.2 Å². The van der Waals surface area contributed by atoms with Crippen molar-refractivity contribution in [2.75, 3.05) is 33.9 Å². The van der Waals surface area contributed by atoms with Gasteiger partial charge in [0.1, 0.15) is 0 Å². The maximum Gasteiger partial charge on any atom is 0.389 e. The Morgan fingerprint density at radius 1 is 1.11 bits per heavy atom. The van der Waals surface area contributed by atoms with E-state index in [2.05, 4.69) is 15.6 Å². The van der Waals surface area contributed by atoms with Gasteiger partial charge in [0.15, 0.2) is 5.96 Å². The fraction of sp³-hybridized carbons (Fsp3) is 0.909. The van der Waals surface area contributed by atoms with Crippen molar-refractivity contribution in [2.24, 2.45) is 4.99 Å². The Balaban J connectivity index is 3.51. The average molecular weight is 269 g/mol. The summed E-state index contributed by atoms with van der Waals surface area (Å²) < 4.78 is 40.5. The lowest BCUT2D eigenvalue weighted by Gasteiger charge is -2.11. The summed E-state index contributed by atoms with van der Waals surface area (Å²) in [4.78, 5) is 3.96. The lowest BCUT2D eigenvalue weighted by molar-refractivity contribution is -0.135. The van der Waals surface area contributed by atoms with E-state index >= 15 is 0 Å². The summed E-state index contributed by atoms with van der Waals surface area (Å²) in [5, 5.41) is 6.01. The Morgan fingerprint density at radius 3 is 2.22 bits per heavy atom. The first-order chi connectivity index (χ1) is 8.49. The Morgan fingerprint density at radius 2 is 1.72 bits per heavy atom. The molecule has 2 N–H and O–H groups in total. The molecule has 0 unspecified atom stereocenters. The van der Waals surface area contributed by atoms with Crippen LogP contribution in [0.15, 0.2) is 4.99 Å². The van der Waals surface area contributed by atoms with Gasteiger partial charge >= 0.3 is 6.18 Å². The molecule has 0 aromatic carbocycles. The van der Waals surface area contributed by atoms with Gasteiger partial charge in [-0.15, -0.1) is 0 Å². The smallest absolute Gasteiger partial charge is 0.385 e. The molecule has 0 saturated carbocycles. The van der Waals surface area contributed by atoms with Gasteiger partial charge in [-0.3, -0.25) is 4.99 Å². The van der Waals surface area contributed by atoms with Crippen molar-refractivity contribution in [2.45, 2.75) is 31.9 Å². The van der Waals surface area contributed by atoms with Gasteiger partial charge in [0, 0.05) is 40.3 Å². The van der Waals surface area contributed by atoms with Crippen LogP contribution in [0.25, 0.3) is 0 Å². The predicted octanol–water partition coefficient (Wildman–Crippen LogP) is 1.92. The number of hydrogen-bond acceptors (Lipinski definition) is 2. The molecule has 0 heterocycles. The lowest BCUT2D eigenvalue weighted by atomic mass is 10.2. The minimum Gasteiger partial charge on any atom is -0.385 e. The van der Waals surface area contributed by atoms with Crippen LogP contribution in [0, 0.1) is 0 Å². The molecule has 0 aliphatic rings. The highest BCUT2D eigenvalue weighted by Gasteiger charge is 2.25. The highest BCUT2D eigenvalue weighted by atomic mass is 19.4. The summed E-state index contributed by atoms with van der Waals surface area (Å²) in [5.74, 6) is 0.609. The number of guanidine groups is 1. The van der Waals surface area contributed by atoms with Crippen LogP contribution < -0.4 is 10.6 Å². The fourth-order valence-electron chi connectivity index (χ4n) is 1.30. The zero-order valence-corrected chi connectivity index (χ0v) is 10.9. The summed E-state index contributed by atoms with van der Waals surface area (Å²) in [7, 11) is 3.26. The molecule has 7 heteroatoms. The van der Waals surface area contributed by atoms with Crippen LogP contribution in [0.5, 0.6) is 0 Å². The standard InChI is InChI=1S/C11H22F3N3O/c1-15-10(17-8-5-9-18-2)16-7-4-3-6-11(12,13)14/h3-9H2,1-2H3,(H2,15,16,17). The van der Waals surface area contributed by atoms with E-state index < -0.39 is 12.6 Å². The molecule has 0 amide bonds. The van der Waals surface area contributed by atoms with Gasteiger partial charge in [0.05, 0.1) is 0 Å². The van der Waals surface area contributed by atoms with Crippen LogP contribution >= 0.6 is 0 Å². The molecule has 0 fully saturated rings. The summed E-state index contributed by atoms with van der Waals surface area (Å²) in [6.07, 6.45) is -3.32. The second-order valence-electron chi connectivity index (χ2n) is 3.84. The van der Waals surface area contributed by atoms with Gasteiger partial charge in [-0.05, 0) is 19.3 Å². The van der Waals surface area contributed by atoms with Gasteiger partial charge in [0.25, 0.3) is 0 Å². The third kappa shape index (κ3) is 11.5. The number of methoxy groups -OCH3 is 1. The number of ether oxygens (including phenoxy) is 1. The largest absolute Gasteiger partial charge is 0.389 e. The van der Waals surface area contributed by atoms with Crippen molar-refractivity contribution < 1.29 is 17.9 Å². The van der Waals surface area contributed by atoms with Gasteiger partial charge in [-0.1, -0.05) is 0 Å². The molecule has 18 heavy (non-hydrogen) atoms. The number of rotatable bonds is 8. The monoisotopic (exact) mass is 269 g/mol. The van der Waals surface area contributed by atoms with Gasteiger partial charge in [-0.2, -0.15) is 13.2 Å². The van der Waals surface area contributed by atoms with Crippen molar-refractivity contribution in [1.82, 2.24) is 10.6 Å². The van der Waals surface area contributed by atoms with Crippen molar-refractivity contribution in [1.29, 1.82) is 0 Å².